The molecule has 1 aliphatic rings. The molecule has 1 heterocycles. The lowest BCUT2D eigenvalue weighted by molar-refractivity contribution is -0.113. The molecule has 0 spiro atoms. The Morgan fingerprint density at radius 2 is 2.06 bits per heavy atom. The Morgan fingerprint density at radius 3 is 2.71 bits per heavy atom. The van der Waals surface area contributed by atoms with Gasteiger partial charge in [0, 0.05) is 11.4 Å². The molecule has 164 valence electrons. The van der Waals surface area contributed by atoms with Gasteiger partial charge >= 0.3 is 0 Å². The molecular weight excluding hydrogens is 406 g/mol. The molecule has 0 bridgehead atoms. The van der Waals surface area contributed by atoms with Gasteiger partial charge in [0.1, 0.15) is 16.8 Å². The molecule has 1 amide bonds. The average Bonchev–Trinajstić information content (AvgIpc) is 2.78. The maximum Gasteiger partial charge on any atom is 0.234 e. The van der Waals surface area contributed by atoms with Crippen LogP contribution in [0, 0.1) is 22.7 Å². The number of pyridine rings is 1. The number of rotatable bonds is 8. The molecule has 1 aliphatic carbocycles. The van der Waals surface area contributed by atoms with Crippen molar-refractivity contribution in [3.05, 3.63) is 47.2 Å². The summed E-state index contributed by atoms with van der Waals surface area (Å²) in [6, 6.07) is 11.6. The second kappa shape index (κ2) is 10.2. The number of hydrogen-bond acceptors (Lipinski definition) is 5. The number of anilines is 1. The van der Waals surface area contributed by atoms with E-state index in [0.29, 0.717) is 23.1 Å². The van der Waals surface area contributed by atoms with Gasteiger partial charge in [0.2, 0.25) is 5.91 Å². The molecule has 2 aromatic rings. The first-order chi connectivity index (χ1) is 14.9. The molecule has 5 nitrogen and oxygen atoms in total. The highest BCUT2D eigenvalue weighted by Gasteiger charge is 2.32. The molecule has 1 atom stereocenters. The molecule has 3 rings (SSSR count). The minimum Gasteiger partial charge on any atom is -0.494 e. The molecule has 0 saturated carbocycles. The van der Waals surface area contributed by atoms with Crippen LogP contribution in [0.5, 0.6) is 5.75 Å². The zero-order valence-electron chi connectivity index (χ0n) is 18.8. The number of aryl methyl sites for hydroxylation is 1. The molecule has 1 N–H and O–H groups in total. The summed E-state index contributed by atoms with van der Waals surface area (Å²) in [5.74, 6) is 1.47. The molecule has 1 aromatic carbocycles. The van der Waals surface area contributed by atoms with Gasteiger partial charge in [-0.3, -0.25) is 4.79 Å². The van der Waals surface area contributed by atoms with Gasteiger partial charge in [-0.15, -0.1) is 0 Å². The standard InChI is InChI=1S/C25H31N3O2S/c1-5-25(3,4)19-7-12-22-17(14-19)13-18(15-26)24(28-22)31-16-23(29)27-20-8-10-21(11-9-20)30-6-2/h8-11,13,19H,5-7,12,14,16H2,1-4H3,(H,27,29). The van der Waals surface area contributed by atoms with Gasteiger partial charge in [-0.25, -0.2) is 4.98 Å². The number of nitriles is 1. The predicted octanol–water partition coefficient (Wildman–Crippen LogP) is 5.62. The van der Waals surface area contributed by atoms with Crippen LogP contribution in [0.15, 0.2) is 35.4 Å². The van der Waals surface area contributed by atoms with Crippen LogP contribution in [0.2, 0.25) is 0 Å². The van der Waals surface area contributed by atoms with Crippen molar-refractivity contribution in [3.63, 3.8) is 0 Å². The number of benzene rings is 1. The predicted molar refractivity (Wildman–Crippen MR) is 126 cm³/mol. The van der Waals surface area contributed by atoms with Crippen LogP contribution in [0.3, 0.4) is 0 Å². The summed E-state index contributed by atoms with van der Waals surface area (Å²) >= 11 is 1.32. The van der Waals surface area contributed by atoms with Crippen molar-refractivity contribution < 1.29 is 9.53 Å². The lowest BCUT2D eigenvalue weighted by Crippen LogP contribution is -2.29. The molecule has 1 aromatic heterocycles. The second-order valence-corrected chi connectivity index (χ2v) is 9.60. The summed E-state index contributed by atoms with van der Waals surface area (Å²) < 4.78 is 5.42. The Balaban J connectivity index is 1.64. The van der Waals surface area contributed by atoms with Crippen molar-refractivity contribution in [1.29, 1.82) is 5.26 Å². The van der Waals surface area contributed by atoms with E-state index in [1.807, 2.05) is 37.3 Å². The molecule has 1 unspecified atom stereocenters. The lowest BCUT2D eigenvalue weighted by atomic mass is 9.69. The Bertz CT molecular complexity index is 964. The number of carbonyl (C=O) groups is 1. The van der Waals surface area contributed by atoms with Crippen LogP contribution in [-0.4, -0.2) is 23.3 Å². The van der Waals surface area contributed by atoms with Crippen molar-refractivity contribution in [2.75, 3.05) is 17.7 Å². The zero-order valence-corrected chi connectivity index (χ0v) is 19.6. The van der Waals surface area contributed by atoms with Crippen molar-refractivity contribution in [1.82, 2.24) is 4.98 Å². The Morgan fingerprint density at radius 1 is 1.32 bits per heavy atom. The van der Waals surface area contributed by atoms with Gasteiger partial charge in [0.15, 0.2) is 0 Å². The van der Waals surface area contributed by atoms with E-state index in [9.17, 15) is 10.1 Å². The van der Waals surface area contributed by atoms with Gasteiger partial charge < -0.3 is 10.1 Å². The molecule has 6 heteroatoms. The van der Waals surface area contributed by atoms with Crippen molar-refractivity contribution in [2.45, 2.75) is 58.4 Å². The zero-order chi connectivity index (χ0) is 22.4. The molecular formula is C25H31N3O2S. The second-order valence-electron chi connectivity index (χ2n) is 8.63. The van der Waals surface area contributed by atoms with E-state index in [1.165, 1.54) is 17.3 Å². The largest absolute Gasteiger partial charge is 0.494 e. The topological polar surface area (TPSA) is 75.0 Å². The number of nitrogens with zero attached hydrogens (tertiary/aromatic N) is 2. The third-order valence-corrected chi connectivity index (χ3v) is 7.27. The van der Waals surface area contributed by atoms with Crippen molar-refractivity contribution >= 4 is 23.4 Å². The third kappa shape index (κ3) is 5.80. The third-order valence-electron chi connectivity index (χ3n) is 6.28. The average molecular weight is 438 g/mol. The van der Waals surface area contributed by atoms with Crippen LogP contribution < -0.4 is 10.1 Å². The van der Waals surface area contributed by atoms with Crippen LogP contribution in [-0.2, 0) is 17.6 Å². The van der Waals surface area contributed by atoms with Gasteiger partial charge in [-0.2, -0.15) is 5.26 Å². The Labute approximate surface area is 189 Å². The molecule has 0 saturated heterocycles. The first-order valence-corrected chi connectivity index (χ1v) is 11.9. The minimum atomic E-state index is -0.123. The fourth-order valence-corrected chi connectivity index (χ4v) is 4.70. The van der Waals surface area contributed by atoms with Crippen LogP contribution in [0.4, 0.5) is 5.69 Å². The van der Waals surface area contributed by atoms with E-state index in [-0.39, 0.29) is 17.1 Å². The van der Waals surface area contributed by atoms with Gasteiger partial charge in [-0.05, 0) is 73.4 Å². The van der Waals surface area contributed by atoms with E-state index in [0.717, 1.165) is 42.8 Å². The van der Waals surface area contributed by atoms with Gasteiger partial charge in [-0.1, -0.05) is 39.0 Å². The number of hydrogen-bond donors (Lipinski definition) is 1. The summed E-state index contributed by atoms with van der Waals surface area (Å²) in [7, 11) is 0. The maximum atomic E-state index is 12.4. The number of thioether (sulfide) groups is 1. The highest BCUT2D eigenvalue weighted by molar-refractivity contribution is 8.00. The van der Waals surface area contributed by atoms with Crippen molar-refractivity contribution in [2.24, 2.45) is 11.3 Å². The summed E-state index contributed by atoms with van der Waals surface area (Å²) in [5.41, 5.74) is 3.84. The van der Waals surface area contributed by atoms with E-state index < -0.39 is 0 Å². The Hall–Kier alpha value is -2.52. The summed E-state index contributed by atoms with van der Waals surface area (Å²) in [6.07, 6.45) is 4.17. The first kappa shape index (κ1) is 23.1. The van der Waals surface area contributed by atoms with Crippen molar-refractivity contribution in [3.8, 4) is 11.8 Å². The molecule has 0 aliphatic heterocycles. The highest BCUT2D eigenvalue weighted by atomic mass is 32.2. The van der Waals surface area contributed by atoms with E-state index in [4.69, 9.17) is 9.72 Å². The number of aromatic nitrogens is 1. The molecule has 0 radical (unpaired) electrons. The van der Waals surface area contributed by atoms with Crippen LogP contribution in [0.1, 0.15) is 57.4 Å². The Kier molecular flexibility index (Phi) is 7.61. The van der Waals surface area contributed by atoms with Gasteiger partial charge in [0.25, 0.3) is 0 Å². The summed E-state index contributed by atoms with van der Waals surface area (Å²) in [6.45, 7) is 9.44. The number of fused-ring (bicyclic) bond motifs is 1. The lowest BCUT2D eigenvalue weighted by Gasteiger charge is -2.37. The summed E-state index contributed by atoms with van der Waals surface area (Å²) in [4.78, 5) is 17.2. The smallest absolute Gasteiger partial charge is 0.234 e. The minimum absolute atomic E-state index is 0.123. The van der Waals surface area contributed by atoms with Gasteiger partial charge in [0.05, 0.1) is 17.9 Å². The fourth-order valence-electron chi connectivity index (χ4n) is 3.92. The van der Waals surface area contributed by atoms with E-state index in [1.54, 1.807) is 0 Å². The fraction of sp³-hybridized carbons (Fsp3) is 0.480. The van der Waals surface area contributed by atoms with E-state index in [2.05, 4.69) is 32.2 Å². The first-order valence-electron chi connectivity index (χ1n) is 10.9. The molecule has 31 heavy (non-hydrogen) atoms. The van der Waals surface area contributed by atoms with Crippen LogP contribution >= 0.6 is 11.8 Å². The SMILES string of the molecule is CCOc1ccc(NC(=O)CSc2nc3c(cc2C#N)CC(C(C)(C)CC)CC3)cc1. The number of carbonyl (C=O) groups excluding carboxylic acids is 1. The van der Waals surface area contributed by atoms with Crippen LogP contribution in [0.25, 0.3) is 0 Å². The summed E-state index contributed by atoms with van der Waals surface area (Å²) in [5, 5.41) is 13.2. The molecule has 0 fully saturated rings. The number of ether oxygens (including phenoxy) is 1. The number of nitrogens with one attached hydrogen (secondary N) is 1. The number of amides is 1. The van der Waals surface area contributed by atoms with E-state index >= 15 is 0 Å². The maximum absolute atomic E-state index is 12.4. The quantitative estimate of drug-likeness (QED) is 0.542. The highest BCUT2D eigenvalue weighted by Crippen LogP contribution is 2.40. The normalized spacial score (nSPS) is 15.6. The monoisotopic (exact) mass is 437 g/mol.